The van der Waals surface area contributed by atoms with E-state index in [4.69, 9.17) is 16.3 Å². The molecule has 2 N–H and O–H groups in total. The SMILES string of the molecule is CCOC(=O)C1=C(CSc2nnc(Cc3ccccc3)n2-c2ccc(Cl)cc2)NC(=O)NC1. The summed E-state index contributed by atoms with van der Waals surface area (Å²) in [5.41, 5.74) is 2.87. The van der Waals surface area contributed by atoms with Crippen LogP contribution in [0.1, 0.15) is 18.3 Å². The van der Waals surface area contributed by atoms with E-state index >= 15 is 0 Å². The van der Waals surface area contributed by atoms with Crippen molar-refractivity contribution in [1.29, 1.82) is 0 Å². The zero-order valence-electron chi connectivity index (χ0n) is 17.9. The highest BCUT2D eigenvalue weighted by molar-refractivity contribution is 7.99. The van der Waals surface area contributed by atoms with Gasteiger partial charge in [0.25, 0.3) is 0 Å². The smallest absolute Gasteiger partial charge is 0.337 e. The Morgan fingerprint density at radius 1 is 1.15 bits per heavy atom. The van der Waals surface area contributed by atoms with Crippen molar-refractivity contribution in [2.45, 2.75) is 18.5 Å². The van der Waals surface area contributed by atoms with Gasteiger partial charge in [-0.15, -0.1) is 10.2 Å². The molecule has 0 aliphatic carbocycles. The number of ether oxygens (including phenoxy) is 1. The number of urea groups is 1. The van der Waals surface area contributed by atoms with Crippen LogP contribution in [0.15, 0.2) is 71.0 Å². The molecule has 0 spiro atoms. The van der Waals surface area contributed by atoms with Gasteiger partial charge < -0.3 is 15.4 Å². The molecule has 0 fully saturated rings. The molecule has 4 rings (SSSR count). The normalized spacial score (nSPS) is 13.5. The first-order valence-corrected chi connectivity index (χ1v) is 11.7. The monoisotopic (exact) mass is 483 g/mol. The van der Waals surface area contributed by atoms with Gasteiger partial charge in [0.2, 0.25) is 0 Å². The molecule has 0 saturated carbocycles. The molecule has 3 aromatic rings. The number of amides is 2. The van der Waals surface area contributed by atoms with E-state index < -0.39 is 5.97 Å². The van der Waals surface area contributed by atoms with Crippen LogP contribution in [0.3, 0.4) is 0 Å². The summed E-state index contributed by atoms with van der Waals surface area (Å²) >= 11 is 7.46. The lowest BCUT2D eigenvalue weighted by molar-refractivity contribution is -0.138. The molecule has 2 amide bonds. The number of nitrogens with one attached hydrogen (secondary N) is 2. The van der Waals surface area contributed by atoms with Crippen molar-refractivity contribution < 1.29 is 14.3 Å². The number of carbonyl (C=O) groups excluding carboxylic acids is 2. The number of hydrogen-bond donors (Lipinski definition) is 2. The van der Waals surface area contributed by atoms with Crippen LogP contribution >= 0.6 is 23.4 Å². The molecule has 170 valence electrons. The highest BCUT2D eigenvalue weighted by atomic mass is 35.5. The van der Waals surface area contributed by atoms with Crippen molar-refractivity contribution in [3.63, 3.8) is 0 Å². The topological polar surface area (TPSA) is 98.1 Å². The molecule has 0 bridgehead atoms. The number of hydrogen-bond acceptors (Lipinski definition) is 6. The summed E-state index contributed by atoms with van der Waals surface area (Å²) in [4.78, 5) is 24.2. The van der Waals surface area contributed by atoms with E-state index in [1.54, 1.807) is 6.92 Å². The van der Waals surface area contributed by atoms with Crippen LogP contribution in [-0.2, 0) is 16.0 Å². The number of thioether (sulfide) groups is 1. The molecule has 0 saturated heterocycles. The van der Waals surface area contributed by atoms with E-state index in [1.165, 1.54) is 11.8 Å². The molecule has 2 heterocycles. The molecule has 33 heavy (non-hydrogen) atoms. The van der Waals surface area contributed by atoms with Gasteiger partial charge in [-0.2, -0.15) is 0 Å². The van der Waals surface area contributed by atoms with Gasteiger partial charge >= 0.3 is 12.0 Å². The molecule has 10 heteroatoms. The zero-order valence-corrected chi connectivity index (χ0v) is 19.4. The average molecular weight is 484 g/mol. The lowest BCUT2D eigenvalue weighted by Crippen LogP contribution is -2.44. The Morgan fingerprint density at radius 2 is 1.91 bits per heavy atom. The summed E-state index contributed by atoms with van der Waals surface area (Å²) in [6, 6.07) is 17.1. The average Bonchev–Trinajstić information content (AvgIpc) is 3.21. The summed E-state index contributed by atoms with van der Waals surface area (Å²) < 4.78 is 7.09. The van der Waals surface area contributed by atoms with Gasteiger partial charge in [0.15, 0.2) is 5.16 Å². The Kier molecular flexibility index (Phi) is 7.31. The molecular formula is C23H22ClN5O3S. The number of benzene rings is 2. The van der Waals surface area contributed by atoms with Gasteiger partial charge in [0.05, 0.1) is 18.7 Å². The van der Waals surface area contributed by atoms with E-state index in [1.807, 2.05) is 59.2 Å². The first-order chi connectivity index (χ1) is 16.0. The lowest BCUT2D eigenvalue weighted by atomic mass is 10.1. The van der Waals surface area contributed by atoms with Crippen molar-refractivity contribution in [3.05, 3.63) is 82.3 Å². The lowest BCUT2D eigenvalue weighted by Gasteiger charge is -2.21. The second kappa shape index (κ2) is 10.5. The van der Waals surface area contributed by atoms with Crippen molar-refractivity contribution in [2.24, 2.45) is 0 Å². The molecule has 1 aromatic heterocycles. The third-order valence-corrected chi connectivity index (χ3v) is 6.12. The standard InChI is InChI=1S/C23H22ClN5O3S/c1-2-32-21(30)18-13-25-22(31)26-19(18)14-33-23-28-27-20(12-15-6-4-3-5-7-15)29(23)17-10-8-16(24)9-11-17/h3-11H,2,12-14H2,1H3,(H2,25,26,31). The summed E-state index contributed by atoms with van der Waals surface area (Å²) in [5, 5.41) is 15.4. The van der Waals surface area contributed by atoms with Crippen LogP contribution < -0.4 is 10.6 Å². The van der Waals surface area contributed by atoms with E-state index in [0.717, 1.165) is 17.1 Å². The minimum Gasteiger partial charge on any atom is -0.463 e. The number of halogens is 1. The Labute approximate surface area is 200 Å². The molecule has 2 aromatic carbocycles. The minimum atomic E-state index is -0.454. The second-order valence-electron chi connectivity index (χ2n) is 7.15. The van der Waals surface area contributed by atoms with Gasteiger partial charge in [0, 0.05) is 28.6 Å². The Hall–Kier alpha value is -3.30. The molecule has 1 aliphatic rings. The number of aromatic nitrogens is 3. The predicted molar refractivity (Wildman–Crippen MR) is 127 cm³/mol. The van der Waals surface area contributed by atoms with Gasteiger partial charge in [-0.1, -0.05) is 53.7 Å². The number of carbonyl (C=O) groups is 2. The predicted octanol–water partition coefficient (Wildman–Crippen LogP) is 3.73. The fraction of sp³-hybridized carbons (Fsp3) is 0.217. The quantitative estimate of drug-likeness (QED) is 0.374. The molecule has 1 aliphatic heterocycles. The minimum absolute atomic E-state index is 0.115. The summed E-state index contributed by atoms with van der Waals surface area (Å²) in [7, 11) is 0. The molecule has 8 nitrogen and oxygen atoms in total. The highest BCUT2D eigenvalue weighted by Gasteiger charge is 2.25. The van der Waals surface area contributed by atoms with E-state index in [9.17, 15) is 9.59 Å². The van der Waals surface area contributed by atoms with Crippen LogP contribution in [0, 0.1) is 0 Å². The van der Waals surface area contributed by atoms with Gasteiger partial charge in [-0.05, 0) is 36.8 Å². The summed E-state index contributed by atoms with van der Waals surface area (Å²) in [5.74, 6) is 0.628. The fourth-order valence-electron chi connectivity index (χ4n) is 3.34. The second-order valence-corrected chi connectivity index (χ2v) is 8.53. The molecule has 0 radical (unpaired) electrons. The van der Waals surface area contributed by atoms with E-state index in [0.29, 0.717) is 33.6 Å². The maximum Gasteiger partial charge on any atom is 0.337 e. The Balaban J connectivity index is 1.65. The number of nitrogens with zero attached hydrogens (tertiary/aromatic N) is 3. The highest BCUT2D eigenvalue weighted by Crippen LogP contribution is 2.26. The number of rotatable bonds is 8. The van der Waals surface area contributed by atoms with Crippen molar-refractivity contribution >= 4 is 35.4 Å². The molecule has 0 unspecified atom stereocenters. The molecule has 0 atom stereocenters. The largest absolute Gasteiger partial charge is 0.463 e. The van der Waals surface area contributed by atoms with Crippen molar-refractivity contribution in [2.75, 3.05) is 18.9 Å². The Bertz CT molecular complexity index is 1180. The van der Waals surface area contributed by atoms with Crippen molar-refractivity contribution in [3.8, 4) is 5.69 Å². The zero-order chi connectivity index (χ0) is 23.2. The number of esters is 1. The van der Waals surface area contributed by atoms with Crippen LogP contribution in [0.4, 0.5) is 4.79 Å². The van der Waals surface area contributed by atoms with Crippen molar-refractivity contribution in [1.82, 2.24) is 25.4 Å². The summed E-state index contributed by atoms with van der Waals surface area (Å²) in [6.45, 7) is 2.11. The van der Waals surface area contributed by atoms with Crippen LogP contribution in [0.25, 0.3) is 5.69 Å². The van der Waals surface area contributed by atoms with E-state index in [2.05, 4.69) is 20.8 Å². The van der Waals surface area contributed by atoms with Crippen LogP contribution in [0.5, 0.6) is 0 Å². The van der Waals surface area contributed by atoms with Crippen LogP contribution in [0.2, 0.25) is 5.02 Å². The first kappa shape index (κ1) is 22.9. The maximum atomic E-state index is 12.3. The third kappa shape index (κ3) is 5.55. The third-order valence-electron chi connectivity index (χ3n) is 4.91. The van der Waals surface area contributed by atoms with E-state index in [-0.39, 0.29) is 19.2 Å². The first-order valence-electron chi connectivity index (χ1n) is 10.4. The maximum absolute atomic E-state index is 12.3. The van der Waals surface area contributed by atoms with Crippen LogP contribution in [-0.4, -0.2) is 45.7 Å². The summed E-state index contributed by atoms with van der Waals surface area (Å²) in [6.07, 6.45) is 0.592. The van der Waals surface area contributed by atoms with Gasteiger partial charge in [-0.25, -0.2) is 9.59 Å². The molecular weight excluding hydrogens is 462 g/mol. The fourth-order valence-corrected chi connectivity index (χ4v) is 4.43. The Morgan fingerprint density at radius 3 is 2.64 bits per heavy atom. The van der Waals surface area contributed by atoms with Gasteiger partial charge in [-0.3, -0.25) is 4.57 Å². The van der Waals surface area contributed by atoms with Gasteiger partial charge in [0.1, 0.15) is 5.82 Å².